The van der Waals surface area contributed by atoms with Crippen molar-refractivity contribution in [2.45, 2.75) is 46.6 Å². The zero-order valence-corrected chi connectivity index (χ0v) is 11.2. The predicted octanol–water partition coefficient (Wildman–Crippen LogP) is 4.37. The summed E-state index contributed by atoms with van der Waals surface area (Å²) in [6.45, 7) is 8.64. The Morgan fingerprint density at radius 1 is 1.29 bits per heavy atom. The van der Waals surface area contributed by atoms with E-state index in [1.54, 1.807) is 0 Å². The normalized spacial score (nSPS) is 27.1. The lowest BCUT2D eigenvalue weighted by molar-refractivity contribution is 0.366. The molecule has 2 unspecified atom stereocenters. The number of hydrogen-bond donors (Lipinski definition) is 1. The molecule has 1 N–H and O–H groups in total. The first-order chi connectivity index (χ1) is 7.89. The summed E-state index contributed by atoms with van der Waals surface area (Å²) in [5, 5.41) is 3.38. The number of anilines is 1. The topological polar surface area (TPSA) is 12.0 Å². The van der Waals surface area contributed by atoms with Crippen LogP contribution in [0.4, 0.5) is 10.1 Å². The van der Waals surface area contributed by atoms with Crippen molar-refractivity contribution < 1.29 is 4.39 Å². The highest BCUT2D eigenvalue weighted by atomic mass is 19.1. The zero-order chi connectivity index (χ0) is 12.6. The molecule has 0 aliphatic heterocycles. The maximum Gasteiger partial charge on any atom is 0.149 e. The summed E-state index contributed by atoms with van der Waals surface area (Å²) >= 11 is 0. The van der Waals surface area contributed by atoms with Crippen LogP contribution in [0.2, 0.25) is 0 Å². The number of benzene rings is 1. The fraction of sp³-hybridized carbons (Fsp3) is 0.600. The van der Waals surface area contributed by atoms with Gasteiger partial charge in [-0.25, -0.2) is 4.39 Å². The Morgan fingerprint density at radius 3 is 2.59 bits per heavy atom. The van der Waals surface area contributed by atoms with Crippen molar-refractivity contribution in [3.63, 3.8) is 0 Å². The molecule has 0 amide bonds. The lowest BCUT2D eigenvalue weighted by atomic mass is 9.91. The van der Waals surface area contributed by atoms with Crippen molar-refractivity contribution >= 4 is 5.69 Å². The molecule has 0 bridgehead atoms. The van der Waals surface area contributed by atoms with Crippen LogP contribution in [0.15, 0.2) is 18.2 Å². The molecule has 0 aromatic heterocycles. The smallest absolute Gasteiger partial charge is 0.149 e. The third-order valence-electron chi connectivity index (χ3n) is 3.87. The average molecular weight is 235 g/mol. The van der Waals surface area contributed by atoms with Gasteiger partial charge in [0.15, 0.2) is 0 Å². The summed E-state index contributed by atoms with van der Waals surface area (Å²) in [6.07, 6.45) is 2.32. The van der Waals surface area contributed by atoms with Gasteiger partial charge in [0.05, 0.1) is 5.69 Å². The molecule has 2 heteroatoms. The number of aryl methyl sites for hydroxylation is 1. The van der Waals surface area contributed by atoms with Crippen LogP contribution in [0.25, 0.3) is 0 Å². The molecule has 0 radical (unpaired) electrons. The lowest BCUT2D eigenvalue weighted by Gasteiger charge is -2.20. The molecule has 17 heavy (non-hydrogen) atoms. The molecule has 1 aliphatic rings. The Morgan fingerprint density at radius 2 is 2.00 bits per heavy atom. The van der Waals surface area contributed by atoms with Crippen LogP contribution < -0.4 is 5.32 Å². The van der Waals surface area contributed by atoms with E-state index in [2.05, 4.69) is 26.1 Å². The molecule has 1 nitrogen and oxygen atoms in total. The van der Waals surface area contributed by atoms with E-state index in [4.69, 9.17) is 0 Å². The highest BCUT2D eigenvalue weighted by molar-refractivity contribution is 5.48. The van der Waals surface area contributed by atoms with Crippen LogP contribution in [0.3, 0.4) is 0 Å². The summed E-state index contributed by atoms with van der Waals surface area (Å²) in [5.41, 5.74) is 1.73. The summed E-state index contributed by atoms with van der Waals surface area (Å²) in [7, 11) is 0. The maximum absolute atomic E-state index is 13.9. The molecule has 1 aromatic carbocycles. The van der Waals surface area contributed by atoms with Crippen molar-refractivity contribution in [2.24, 2.45) is 11.3 Å². The van der Waals surface area contributed by atoms with E-state index in [0.717, 1.165) is 6.42 Å². The fourth-order valence-electron chi connectivity index (χ4n) is 3.05. The third-order valence-corrected chi connectivity index (χ3v) is 3.87. The quantitative estimate of drug-likeness (QED) is 0.802. The minimum absolute atomic E-state index is 0.107. The Bertz CT molecular complexity index is 411. The van der Waals surface area contributed by atoms with E-state index in [-0.39, 0.29) is 5.82 Å². The molecule has 1 fully saturated rings. The minimum atomic E-state index is -0.107. The van der Waals surface area contributed by atoms with Crippen molar-refractivity contribution in [1.82, 2.24) is 0 Å². The molecule has 94 valence electrons. The highest BCUT2D eigenvalue weighted by Gasteiger charge is 2.36. The molecule has 1 aliphatic carbocycles. The van der Waals surface area contributed by atoms with E-state index < -0.39 is 0 Å². The molecule has 1 saturated carbocycles. The number of nitrogens with one attached hydrogen (secondary N) is 1. The first kappa shape index (κ1) is 12.4. The summed E-state index contributed by atoms with van der Waals surface area (Å²) in [5.74, 6) is 0.495. The summed E-state index contributed by atoms with van der Waals surface area (Å²) in [4.78, 5) is 0. The van der Waals surface area contributed by atoms with Gasteiger partial charge in [-0.1, -0.05) is 32.9 Å². The fourth-order valence-corrected chi connectivity index (χ4v) is 3.05. The summed E-state index contributed by atoms with van der Waals surface area (Å²) in [6, 6.07) is 5.94. The van der Waals surface area contributed by atoms with E-state index in [9.17, 15) is 4.39 Å². The van der Waals surface area contributed by atoms with Crippen LogP contribution in [-0.4, -0.2) is 6.04 Å². The largest absolute Gasteiger partial charge is 0.380 e. The Hall–Kier alpha value is -1.05. The average Bonchev–Trinajstić information content (AvgIpc) is 2.47. The Balaban J connectivity index is 2.14. The molecule has 0 heterocycles. The minimum Gasteiger partial charge on any atom is -0.380 e. The van der Waals surface area contributed by atoms with Gasteiger partial charge in [-0.15, -0.1) is 0 Å². The van der Waals surface area contributed by atoms with Gasteiger partial charge >= 0.3 is 0 Å². The van der Waals surface area contributed by atoms with Crippen molar-refractivity contribution in [3.05, 3.63) is 29.6 Å². The Labute approximate surface area is 103 Å². The molecule has 2 atom stereocenters. The molecule has 2 rings (SSSR count). The molecule has 0 spiro atoms. The molecule has 1 aromatic rings. The van der Waals surface area contributed by atoms with E-state index in [0.29, 0.717) is 28.6 Å². The molecular weight excluding hydrogens is 213 g/mol. The predicted molar refractivity (Wildman–Crippen MR) is 70.7 cm³/mol. The van der Waals surface area contributed by atoms with Gasteiger partial charge in [-0.05, 0) is 42.7 Å². The monoisotopic (exact) mass is 235 g/mol. The molecule has 0 saturated heterocycles. The zero-order valence-electron chi connectivity index (χ0n) is 11.2. The van der Waals surface area contributed by atoms with Crippen LogP contribution in [0.1, 0.15) is 39.2 Å². The standard InChI is InChI=1S/C15H22FN/c1-10-6-5-7-12(14(10)16)17-13-9-15(3,4)8-11(13)2/h5-7,11,13,17H,8-9H2,1-4H3. The van der Waals surface area contributed by atoms with Crippen LogP contribution >= 0.6 is 0 Å². The number of rotatable bonds is 2. The van der Waals surface area contributed by atoms with E-state index in [1.807, 2.05) is 25.1 Å². The summed E-state index contributed by atoms with van der Waals surface area (Å²) < 4.78 is 13.9. The lowest BCUT2D eigenvalue weighted by Crippen LogP contribution is -2.23. The second kappa shape index (κ2) is 4.32. The van der Waals surface area contributed by atoms with Gasteiger partial charge < -0.3 is 5.32 Å². The van der Waals surface area contributed by atoms with Crippen LogP contribution in [-0.2, 0) is 0 Å². The van der Waals surface area contributed by atoms with Crippen molar-refractivity contribution in [3.8, 4) is 0 Å². The second-order valence-electron chi connectivity index (χ2n) is 6.24. The van der Waals surface area contributed by atoms with Crippen molar-refractivity contribution in [1.29, 1.82) is 0 Å². The second-order valence-corrected chi connectivity index (χ2v) is 6.24. The first-order valence-electron chi connectivity index (χ1n) is 6.41. The number of halogens is 1. The number of hydrogen-bond acceptors (Lipinski definition) is 1. The van der Waals surface area contributed by atoms with Gasteiger partial charge in [-0.2, -0.15) is 0 Å². The molecular formula is C15H22FN. The van der Waals surface area contributed by atoms with Gasteiger partial charge in [-0.3, -0.25) is 0 Å². The van der Waals surface area contributed by atoms with Crippen LogP contribution in [0, 0.1) is 24.1 Å². The van der Waals surface area contributed by atoms with Gasteiger partial charge in [0.25, 0.3) is 0 Å². The van der Waals surface area contributed by atoms with Gasteiger partial charge in [0.1, 0.15) is 5.82 Å². The highest BCUT2D eigenvalue weighted by Crippen LogP contribution is 2.42. The van der Waals surface area contributed by atoms with Gasteiger partial charge in [0.2, 0.25) is 0 Å². The Kier molecular flexibility index (Phi) is 3.15. The first-order valence-corrected chi connectivity index (χ1v) is 6.41. The van der Waals surface area contributed by atoms with Crippen molar-refractivity contribution in [2.75, 3.05) is 5.32 Å². The van der Waals surface area contributed by atoms with Gasteiger partial charge in [0, 0.05) is 6.04 Å². The SMILES string of the molecule is Cc1cccc(NC2CC(C)(C)CC2C)c1F. The van der Waals surface area contributed by atoms with E-state index in [1.165, 1.54) is 6.42 Å². The van der Waals surface area contributed by atoms with Crippen LogP contribution in [0.5, 0.6) is 0 Å². The maximum atomic E-state index is 13.9. The third kappa shape index (κ3) is 2.62. The van der Waals surface area contributed by atoms with E-state index >= 15 is 0 Å².